The van der Waals surface area contributed by atoms with Gasteiger partial charge in [0.1, 0.15) is 16.4 Å². The zero-order valence-electron chi connectivity index (χ0n) is 18.7. The lowest BCUT2D eigenvalue weighted by Crippen LogP contribution is -2.30. The molecule has 1 amide bonds. The molecule has 0 unspecified atom stereocenters. The van der Waals surface area contributed by atoms with E-state index >= 15 is 0 Å². The van der Waals surface area contributed by atoms with Crippen molar-refractivity contribution in [3.05, 3.63) is 75.0 Å². The molecule has 1 aliphatic carbocycles. The molecule has 1 aromatic heterocycles. The lowest BCUT2D eigenvalue weighted by Gasteiger charge is -2.21. The van der Waals surface area contributed by atoms with Gasteiger partial charge in [-0.2, -0.15) is 0 Å². The first-order valence-corrected chi connectivity index (χ1v) is 11.9. The van der Waals surface area contributed by atoms with Crippen molar-refractivity contribution in [3.8, 4) is 0 Å². The van der Waals surface area contributed by atoms with Gasteiger partial charge in [-0.05, 0) is 38.2 Å². The first kappa shape index (κ1) is 23.4. The number of nitrogens with one attached hydrogen (secondary N) is 1. The highest BCUT2D eigenvalue weighted by Gasteiger charge is 2.41. The van der Waals surface area contributed by atoms with Gasteiger partial charge in [0.05, 0.1) is 17.9 Å². The van der Waals surface area contributed by atoms with E-state index in [9.17, 15) is 19.5 Å². The number of esters is 1. The van der Waals surface area contributed by atoms with Crippen LogP contribution in [0.1, 0.15) is 57.3 Å². The molecule has 1 aliphatic heterocycles. The van der Waals surface area contributed by atoms with Crippen molar-refractivity contribution in [3.63, 3.8) is 0 Å². The number of carbonyl (C=O) groups is 3. The predicted octanol–water partition coefficient (Wildman–Crippen LogP) is 4.06. The van der Waals surface area contributed by atoms with Crippen LogP contribution in [0.25, 0.3) is 0 Å². The summed E-state index contributed by atoms with van der Waals surface area (Å²) in [4.78, 5) is 40.4. The molecular weight excluding hydrogens is 454 g/mol. The summed E-state index contributed by atoms with van der Waals surface area (Å²) in [6.45, 7) is 1.88. The normalized spacial score (nSPS) is 17.0. The summed E-state index contributed by atoms with van der Waals surface area (Å²) in [6, 6.07) is 8.43. The second-order valence-electron chi connectivity index (χ2n) is 8.00. The molecular formula is C25H25N3O5S. The number of hydrogen-bond donors (Lipinski definition) is 3. The van der Waals surface area contributed by atoms with Gasteiger partial charge in [0, 0.05) is 16.5 Å². The van der Waals surface area contributed by atoms with Crippen LogP contribution in [-0.4, -0.2) is 35.2 Å². The first-order chi connectivity index (χ1) is 16.3. The lowest BCUT2D eigenvalue weighted by molar-refractivity contribution is -0.114. The van der Waals surface area contributed by atoms with Gasteiger partial charge < -0.3 is 15.6 Å². The summed E-state index contributed by atoms with van der Waals surface area (Å²) in [5.74, 6) is -2.93. The number of aliphatic hydroxyl groups is 1. The van der Waals surface area contributed by atoms with Gasteiger partial charge in [-0.3, -0.25) is 19.9 Å². The number of rotatable bonds is 6. The number of thiophene rings is 1. The highest BCUT2D eigenvalue weighted by molar-refractivity contribution is 7.17. The second kappa shape index (κ2) is 9.64. The minimum absolute atomic E-state index is 0.0744. The Hall–Kier alpha value is -3.72. The first-order valence-electron chi connectivity index (χ1n) is 11.1. The Kier molecular flexibility index (Phi) is 6.65. The van der Waals surface area contributed by atoms with Gasteiger partial charge in [-0.25, -0.2) is 4.79 Å². The third-order valence-corrected chi connectivity index (χ3v) is 7.12. The van der Waals surface area contributed by atoms with E-state index in [0.29, 0.717) is 22.5 Å². The molecule has 4 N–H and O–H groups in total. The van der Waals surface area contributed by atoms with Crippen LogP contribution in [0.15, 0.2) is 53.4 Å². The minimum atomic E-state index is -1.00. The molecule has 9 heteroatoms. The van der Waals surface area contributed by atoms with Gasteiger partial charge in [-0.15, -0.1) is 11.3 Å². The molecule has 1 aromatic carbocycles. The average Bonchev–Trinajstić information content (AvgIpc) is 3.16. The van der Waals surface area contributed by atoms with Crippen molar-refractivity contribution in [1.82, 2.24) is 0 Å². The smallest absolute Gasteiger partial charge is 0.341 e. The number of aliphatic hydroxyl groups excluding tert-OH is 1. The number of aryl methyl sites for hydroxylation is 1. The SMILES string of the molecule is CCOC(=O)c1c(N2C(=N)C(C(N)=O)=C(O)/C2=C\C(=O)c2ccccc2)sc2c1CCCCC2. The number of anilines is 1. The van der Waals surface area contributed by atoms with Gasteiger partial charge in [0.25, 0.3) is 5.91 Å². The summed E-state index contributed by atoms with van der Waals surface area (Å²) < 4.78 is 5.33. The van der Waals surface area contributed by atoms with Crippen LogP contribution in [0.2, 0.25) is 0 Å². The van der Waals surface area contributed by atoms with Crippen molar-refractivity contribution < 1.29 is 24.2 Å². The highest BCUT2D eigenvalue weighted by atomic mass is 32.1. The van der Waals surface area contributed by atoms with Crippen LogP contribution in [0.4, 0.5) is 5.00 Å². The molecule has 176 valence electrons. The summed E-state index contributed by atoms with van der Waals surface area (Å²) >= 11 is 1.32. The predicted molar refractivity (Wildman–Crippen MR) is 129 cm³/mol. The molecule has 0 saturated carbocycles. The third kappa shape index (κ3) is 4.14. The number of nitrogens with zero attached hydrogens (tertiary/aromatic N) is 1. The van der Waals surface area contributed by atoms with E-state index in [4.69, 9.17) is 15.9 Å². The highest BCUT2D eigenvalue weighted by Crippen LogP contribution is 2.45. The van der Waals surface area contributed by atoms with Crippen molar-refractivity contribution in [1.29, 1.82) is 5.41 Å². The standard InChI is InChI=1S/C25H25N3O5S/c1-2-33-25(32)19-15-11-7-4-8-12-18(15)34-24(19)28-16(21(30)20(22(28)26)23(27)31)13-17(29)14-9-5-3-6-10-14/h3,5-6,9-10,13,26,30H,2,4,7-8,11-12H2,1H3,(H2,27,31)/b16-13+,26-22?. The number of hydrogen-bond acceptors (Lipinski definition) is 7. The largest absolute Gasteiger partial charge is 0.505 e. The van der Waals surface area contributed by atoms with Crippen LogP contribution >= 0.6 is 11.3 Å². The molecule has 0 bridgehead atoms. The van der Waals surface area contributed by atoms with E-state index in [1.54, 1.807) is 37.3 Å². The maximum atomic E-state index is 13.1. The number of primary amides is 1. The molecule has 2 aromatic rings. The summed E-state index contributed by atoms with van der Waals surface area (Å²) in [5, 5.41) is 19.8. The molecule has 2 aliphatic rings. The van der Waals surface area contributed by atoms with Crippen LogP contribution < -0.4 is 10.6 Å². The molecule has 0 atom stereocenters. The number of ether oxygens (including phenoxy) is 1. The molecule has 0 radical (unpaired) electrons. The van der Waals surface area contributed by atoms with Crippen molar-refractivity contribution >= 4 is 39.8 Å². The number of amidine groups is 1. The fourth-order valence-corrected chi connectivity index (χ4v) is 5.66. The van der Waals surface area contributed by atoms with Crippen LogP contribution in [-0.2, 0) is 22.4 Å². The van der Waals surface area contributed by atoms with E-state index in [-0.39, 0.29) is 18.1 Å². The number of benzene rings is 1. The Morgan fingerprint density at radius 3 is 2.56 bits per heavy atom. The Balaban J connectivity index is 1.90. The molecule has 0 spiro atoms. The van der Waals surface area contributed by atoms with E-state index in [1.165, 1.54) is 16.2 Å². The summed E-state index contributed by atoms with van der Waals surface area (Å²) in [5.41, 5.74) is 6.52. The molecule has 4 rings (SSSR count). The van der Waals surface area contributed by atoms with Gasteiger partial charge in [0.15, 0.2) is 11.5 Å². The quantitative estimate of drug-likeness (QED) is 0.248. The van der Waals surface area contributed by atoms with Crippen molar-refractivity contribution in [2.75, 3.05) is 11.5 Å². The maximum absolute atomic E-state index is 13.1. The van der Waals surface area contributed by atoms with Crippen LogP contribution in [0.3, 0.4) is 0 Å². The van der Waals surface area contributed by atoms with E-state index in [0.717, 1.165) is 42.2 Å². The Morgan fingerprint density at radius 1 is 1.18 bits per heavy atom. The lowest BCUT2D eigenvalue weighted by atomic mass is 10.0. The number of fused-ring (bicyclic) bond motifs is 1. The van der Waals surface area contributed by atoms with Crippen molar-refractivity contribution in [2.45, 2.75) is 39.0 Å². The Labute approximate surface area is 200 Å². The Bertz CT molecular complexity index is 1240. The van der Waals surface area contributed by atoms with Crippen LogP contribution in [0, 0.1) is 5.41 Å². The van der Waals surface area contributed by atoms with E-state index < -0.39 is 29.0 Å². The number of ketones is 1. The fourth-order valence-electron chi connectivity index (χ4n) is 4.27. The average molecular weight is 480 g/mol. The van der Waals surface area contributed by atoms with E-state index in [1.807, 2.05) is 0 Å². The monoisotopic (exact) mass is 479 g/mol. The zero-order valence-corrected chi connectivity index (χ0v) is 19.5. The molecule has 2 heterocycles. The molecule has 0 saturated heterocycles. The number of nitrogens with two attached hydrogens (primary N) is 1. The van der Waals surface area contributed by atoms with Crippen molar-refractivity contribution in [2.24, 2.45) is 5.73 Å². The maximum Gasteiger partial charge on any atom is 0.341 e. The third-order valence-electron chi connectivity index (χ3n) is 5.84. The topological polar surface area (TPSA) is 134 Å². The fraction of sp³-hybridized carbons (Fsp3) is 0.280. The Morgan fingerprint density at radius 2 is 1.88 bits per heavy atom. The van der Waals surface area contributed by atoms with E-state index in [2.05, 4.69) is 0 Å². The molecule has 34 heavy (non-hydrogen) atoms. The van der Waals surface area contributed by atoms with Crippen LogP contribution in [0.5, 0.6) is 0 Å². The van der Waals surface area contributed by atoms with Gasteiger partial charge in [-0.1, -0.05) is 36.8 Å². The second-order valence-corrected chi connectivity index (χ2v) is 9.08. The number of allylic oxidation sites excluding steroid dienone is 1. The molecule has 0 fully saturated rings. The van der Waals surface area contributed by atoms with Gasteiger partial charge >= 0.3 is 5.97 Å². The number of amides is 1. The minimum Gasteiger partial charge on any atom is -0.505 e. The number of carbonyl (C=O) groups excluding carboxylic acids is 3. The molecule has 8 nitrogen and oxygen atoms in total. The van der Waals surface area contributed by atoms with Gasteiger partial charge in [0.2, 0.25) is 0 Å². The summed E-state index contributed by atoms with van der Waals surface area (Å²) in [6.07, 6.45) is 5.55. The zero-order chi connectivity index (χ0) is 24.4. The summed E-state index contributed by atoms with van der Waals surface area (Å²) in [7, 11) is 0.